The summed E-state index contributed by atoms with van der Waals surface area (Å²) in [5.41, 5.74) is 2.79. The maximum atomic E-state index is 2.46. The molecule has 0 heterocycles. The Bertz CT molecular complexity index is 246. The van der Waals surface area contributed by atoms with Crippen LogP contribution in [-0.4, -0.2) is 24.5 Å². The predicted molar refractivity (Wildman–Crippen MR) is 62.7 cm³/mol. The molecule has 1 nitrogen and oxygen atoms in total. The molecule has 1 heteroatoms. The molecule has 0 aromatic heterocycles. The second kappa shape index (κ2) is 5.82. The molecule has 0 aliphatic heterocycles. The zero-order valence-electron chi connectivity index (χ0n) is 9.59. The van der Waals surface area contributed by atoms with Crippen molar-refractivity contribution in [2.24, 2.45) is 0 Å². The molecule has 0 atom stereocenters. The van der Waals surface area contributed by atoms with Gasteiger partial charge in [0.15, 0.2) is 0 Å². The highest BCUT2D eigenvalue weighted by atomic mass is 15.1. The second-order valence-corrected chi connectivity index (χ2v) is 3.76. The van der Waals surface area contributed by atoms with Crippen LogP contribution in [0, 0.1) is 6.92 Å². The van der Waals surface area contributed by atoms with Crippen molar-refractivity contribution in [2.75, 3.05) is 19.6 Å². The molecule has 0 aliphatic rings. The van der Waals surface area contributed by atoms with Gasteiger partial charge in [0.2, 0.25) is 0 Å². The maximum absolute atomic E-state index is 2.46. The first-order chi connectivity index (χ1) is 6.76. The Kier molecular flexibility index (Phi) is 4.68. The Morgan fingerprint density at radius 3 is 2.07 bits per heavy atom. The molecule has 0 N–H and O–H groups in total. The Balaban J connectivity index is 2.41. The molecular weight excluding hydrogens is 170 g/mol. The van der Waals surface area contributed by atoms with Crippen molar-refractivity contribution in [3.05, 3.63) is 35.4 Å². The van der Waals surface area contributed by atoms with Gasteiger partial charge >= 0.3 is 0 Å². The van der Waals surface area contributed by atoms with Crippen molar-refractivity contribution in [2.45, 2.75) is 27.2 Å². The van der Waals surface area contributed by atoms with E-state index < -0.39 is 0 Å². The summed E-state index contributed by atoms with van der Waals surface area (Å²) in [5, 5.41) is 0. The molecule has 0 saturated heterocycles. The van der Waals surface area contributed by atoms with Crippen LogP contribution in [0.15, 0.2) is 24.3 Å². The summed E-state index contributed by atoms with van der Waals surface area (Å²) >= 11 is 0. The van der Waals surface area contributed by atoms with Crippen LogP contribution in [0.2, 0.25) is 0 Å². The van der Waals surface area contributed by atoms with E-state index in [1.165, 1.54) is 24.1 Å². The minimum atomic E-state index is 1.16. The largest absolute Gasteiger partial charge is 0.304 e. The number of nitrogens with zero attached hydrogens (tertiary/aromatic N) is 1. The van der Waals surface area contributed by atoms with Crippen molar-refractivity contribution >= 4 is 0 Å². The molecule has 0 unspecified atom stereocenters. The first-order valence-electron chi connectivity index (χ1n) is 5.54. The molecule has 0 fully saturated rings. The molecule has 1 aromatic carbocycles. The van der Waals surface area contributed by atoms with Gasteiger partial charge in [-0.2, -0.15) is 0 Å². The van der Waals surface area contributed by atoms with Crippen molar-refractivity contribution < 1.29 is 0 Å². The Hall–Kier alpha value is -0.820. The maximum Gasteiger partial charge on any atom is 0.00216 e. The number of hydrogen-bond donors (Lipinski definition) is 0. The van der Waals surface area contributed by atoms with Gasteiger partial charge < -0.3 is 4.90 Å². The molecule has 0 amide bonds. The molecule has 0 saturated carbocycles. The van der Waals surface area contributed by atoms with E-state index in [0.717, 1.165) is 13.1 Å². The smallest absolute Gasteiger partial charge is 0.00216 e. The topological polar surface area (TPSA) is 3.24 Å². The summed E-state index contributed by atoms with van der Waals surface area (Å²) in [7, 11) is 0. The number of benzene rings is 1. The molecule has 14 heavy (non-hydrogen) atoms. The van der Waals surface area contributed by atoms with Gasteiger partial charge in [-0.15, -0.1) is 0 Å². The van der Waals surface area contributed by atoms with Gasteiger partial charge in [0, 0.05) is 6.54 Å². The quantitative estimate of drug-likeness (QED) is 0.691. The van der Waals surface area contributed by atoms with E-state index in [2.05, 4.69) is 49.9 Å². The number of rotatable bonds is 5. The molecule has 0 aliphatic carbocycles. The lowest BCUT2D eigenvalue weighted by Crippen LogP contribution is -2.25. The van der Waals surface area contributed by atoms with Gasteiger partial charge in [-0.1, -0.05) is 43.7 Å². The average molecular weight is 191 g/mol. The van der Waals surface area contributed by atoms with Crippen molar-refractivity contribution in [3.63, 3.8) is 0 Å². The van der Waals surface area contributed by atoms with Gasteiger partial charge in [0.1, 0.15) is 0 Å². The number of aryl methyl sites for hydroxylation is 1. The average Bonchev–Trinajstić information content (AvgIpc) is 2.22. The third-order valence-electron chi connectivity index (χ3n) is 2.73. The first kappa shape index (κ1) is 11.3. The zero-order valence-corrected chi connectivity index (χ0v) is 9.59. The standard InChI is InChI=1S/C13H21N/c1-4-14(5-2)11-10-13-8-6-12(3)7-9-13/h6-9H,4-5,10-11H2,1-3H3. The first-order valence-corrected chi connectivity index (χ1v) is 5.54. The lowest BCUT2D eigenvalue weighted by atomic mass is 10.1. The summed E-state index contributed by atoms with van der Waals surface area (Å²) in [6.07, 6.45) is 1.17. The fourth-order valence-corrected chi connectivity index (χ4v) is 1.58. The predicted octanol–water partition coefficient (Wildman–Crippen LogP) is 2.88. The Morgan fingerprint density at radius 1 is 1.00 bits per heavy atom. The van der Waals surface area contributed by atoms with E-state index in [4.69, 9.17) is 0 Å². The Morgan fingerprint density at radius 2 is 1.57 bits per heavy atom. The van der Waals surface area contributed by atoms with Crippen LogP contribution < -0.4 is 0 Å². The molecule has 1 aromatic rings. The third kappa shape index (κ3) is 3.51. The molecular formula is C13H21N. The van der Waals surface area contributed by atoms with E-state index in [-0.39, 0.29) is 0 Å². The third-order valence-corrected chi connectivity index (χ3v) is 2.73. The molecule has 0 radical (unpaired) electrons. The van der Waals surface area contributed by atoms with Crippen LogP contribution in [0.1, 0.15) is 25.0 Å². The van der Waals surface area contributed by atoms with Crippen LogP contribution in [-0.2, 0) is 6.42 Å². The normalized spacial score (nSPS) is 10.9. The van der Waals surface area contributed by atoms with Crippen molar-refractivity contribution in [3.8, 4) is 0 Å². The van der Waals surface area contributed by atoms with Gasteiger partial charge in [-0.3, -0.25) is 0 Å². The Labute approximate surface area is 87.7 Å². The van der Waals surface area contributed by atoms with E-state index in [1.54, 1.807) is 0 Å². The molecule has 0 spiro atoms. The van der Waals surface area contributed by atoms with Gasteiger partial charge in [-0.05, 0) is 32.0 Å². The van der Waals surface area contributed by atoms with Crippen LogP contribution in [0.3, 0.4) is 0 Å². The summed E-state index contributed by atoms with van der Waals surface area (Å²) in [4.78, 5) is 2.46. The van der Waals surface area contributed by atoms with Gasteiger partial charge in [0.05, 0.1) is 0 Å². The van der Waals surface area contributed by atoms with Crippen LogP contribution in [0.25, 0.3) is 0 Å². The molecule has 0 bridgehead atoms. The summed E-state index contributed by atoms with van der Waals surface area (Å²) in [6.45, 7) is 10.1. The van der Waals surface area contributed by atoms with E-state index >= 15 is 0 Å². The fraction of sp³-hybridized carbons (Fsp3) is 0.538. The van der Waals surface area contributed by atoms with Gasteiger partial charge in [-0.25, -0.2) is 0 Å². The molecule has 78 valence electrons. The minimum Gasteiger partial charge on any atom is -0.304 e. The van der Waals surface area contributed by atoms with E-state index in [9.17, 15) is 0 Å². The van der Waals surface area contributed by atoms with Crippen molar-refractivity contribution in [1.82, 2.24) is 4.90 Å². The highest BCUT2D eigenvalue weighted by molar-refractivity contribution is 5.21. The SMILES string of the molecule is CCN(CC)CCc1ccc(C)cc1. The summed E-state index contributed by atoms with van der Waals surface area (Å²) in [5.74, 6) is 0. The van der Waals surface area contributed by atoms with Crippen LogP contribution in [0.5, 0.6) is 0 Å². The number of likely N-dealkylation sites (N-methyl/N-ethyl adjacent to an activating group) is 1. The van der Waals surface area contributed by atoms with Gasteiger partial charge in [0.25, 0.3) is 0 Å². The summed E-state index contributed by atoms with van der Waals surface area (Å²) in [6, 6.07) is 8.85. The lowest BCUT2D eigenvalue weighted by Gasteiger charge is -2.17. The van der Waals surface area contributed by atoms with Crippen LogP contribution in [0.4, 0.5) is 0 Å². The van der Waals surface area contributed by atoms with E-state index in [0.29, 0.717) is 0 Å². The summed E-state index contributed by atoms with van der Waals surface area (Å²) < 4.78 is 0. The molecule has 1 rings (SSSR count). The fourth-order valence-electron chi connectivity index (χ4n) is 1.58. The second-order valence-electron chi connectivity index (χ2n) is 3.76. The lowest BCUT2D eigenvalue weighted by molar-refractivity contribution is 0.308. The van der Waals surface area contributed by atoms with Crippen LogP contribution >= 0.6 is 0 Å². The highest BCUT2D eigenvalue weighted by Gasteiger charge is 1.99. The zero-order chi connectivity index (χ0) is 10.4. The monoisotopic (exact) mass is 191 g/mol. The van der Waals surface area contributed by atoms with Crippen molar-refractivity contribution in [1.29, 1.82) is 0 Å². The highest BCUT2D eigenvalue weighted by Crippen LogP contribution is 2.04. The number of hydrogen-bond acceptors (Lipinski definition) is 1. The van der Waals surface area contributed by atoms with E-state index in [1.807, 2.05) is 0 Å². The minimum absolute atomic E-state index is 1.16.